The van der Waals surface area contributed by atoms with Crippen molar-refractivity contribution in [3.8, 4) is 0 Å². The number of fused-ring (bicyclic) bond motifs is 3. The van der Waals surface area contributed by atoms with E-state index in [1.807, 2.05) is 37.3 Å². The Bertz CT molecular complexity index is 978. The predicted molar refractivity (Wildman–Crippen MR) is 108 cm³/mol. The molecule has 3 aliphatic rings. The van der Waals surface area contributed by atoms with Gasteiger partial charge in [0, 0.05) is 23.1 Å². The van der Waals surface area contributed by atoms with E-state index in [2.05, 4.69) is 10.0 Å². The van der Waals surface area contributed by atoms with Gasteiger partial charge < -0.3 is 0 Å². The summed E-state index contributed by atoms with van der Waals surface area (Å²) < 4.78 is 0. The zero-order chi connectivity index (χ0) is 19.6. The number of aryl methyl sites for hydroxylation is 1. The number of hydrazine groups is 1. The Kier molecular flexibility index (Phi) is 4.25. The number of hydrogen-bond donors (Lipinski definition) is 0. The lowest BCUT2D eigenvalue weighted by Crippen LogP contribution is -2.44. The van der Waals surface area contributed by atoms with Gasteiger partial charge in [-0.15, -0.1) is 0 Å². The van der Waals surface area contributed by atoms with Crippen molar-refractivity contribution >= 4 is 40.7 Å². The average molecular weight is 416 g/mol. The Balaban J connectivity index is 1.58. The van der Waals surface area contributed by atoms with E-state index in [1.54, 1.807) is 12.1 Å². The first-order valence-corrected chi connectivity index (χ1v) is 10.2. The van der Waals surface area contributed by atoms with Crippen molar-refractivity contribution in [1.82, 2.24) is 10.0 Å². The maximum atomic E-state index is 13.5. The number of amides is 2. The molecule has 3 fully saturated rings. The van der Waals surface area contributed by atoms with Gasteiger partial charge >= 0.3 is 0 Å². The van der Waals surface area contributed by atoms with Crippen LogP contribution in [0.25, 0.3) is 0 Å². The van der Waals surface area contributed by atoms with E-state index in [4.69, 9.17) is 23.2 Å². The van der Waals surface area contributed by atoms with E-state index < -0.39 is 12.0 Å². The van der Waals surface area contributed by atoms with Gasteiger partial charge in [0.15, 0.2) is 0 Å². The lowest BCUT2D eigenvalue weighted by molar-refractivity contribution is -0.126. The Morgan fingerprint density at radius 3 is 2.25 bits per heavy atom. The zero-order valence-electron chi connectivity index (χ0n) is 15.3. The molecule has 0 spiro atoms. The molecule has 144 valence electrons. The molecular weight excluding hydrogens is 397 g/mol. The third-order valence-electron chi connectivity index (χ3n) is 6.03. The highest BCUT2D eigenvalue weighted by Crippen LogP contribution is 2.49. The number of imide groups is 1. The molecule has 28 heavy (non-hydrogen) atoms. The summed E-state index contributed by atoms with van der Waals surface area (Å²) in [6.45, 7) is 3.52. The normalized spacial score (nSPS) is 27.5. The number of halogens is 2. The fourth-order valence-electron chi connectivity index (χ4n) is 4.75. The number of anilines is 1. The first-order chi connectivity index (χ1) is 13.5. The summed E-state index contributed by atoms with van der Waals surface area (Å²) in [7, 11) is 0. The largest absolute Gasteiger partial charge is 0.274 e. The lowest BCUT2D eigenvalue weighted by Gasteiger charge is -2.29. The summed E-state index contributed by atoms with van der Waals surface area (Å²) in [5.74, 6) is -0.767. The summed E-state index contributed by atoms with van der Waals surface area (Å²) in [6.07, 6.45) is 0.977. The number of carbonyl (C=O) groups is 2. The van der Waals surface area contributed by atoms with E-state index in [0.29, 0.717) is 15.7 Å². The maximum absolute atomic E-state index is 13.5. The summed E-state index contributed by atoms with van der Waals surface area (Å²) >= 11 is 12.3. The Labute approximate surface area is 173 Å². The van der Waals surface area contributed by atoms with Crippen molar-refractivity contribution in [3.05, 3.63) is 63.6 Å². The van der Waals surface area contributed by atoms with Gasteiger partial charge in [-0.25, -0.2) is 14.9 Å². The van der Waals surface area contributed by atoms with E-state index >= 15 is 0 Å². The third kappa shape index (κ3) is 2.54. The molecule has 3 aliphatic heterocycles. The quantitative estimate of drug-likeness (QED) is 0.698. The Morgan fingerprint density at radius 2 is 1.57 bits per heavy atom. The van der Waals surface area contributed by atoms with Crippen molar-refractivity contribution in [3.63, 3.8) is 0 Å². The monoisotopic (exact) mass is 415 g/mol. The van der Waals surface area contributed by atoms with Crippen LogP contribution in [0.2, 0.25) is 10.0 Å². The second-order valence-electron chi connectivity index (χ2n) is 7.59. The number of benzene rings is 2. The Morgan fingerprint density at radius 1 is 0.893 bits per heavy atom. The molecule has 0 bridgehead atoms. The van der Waals surface area contributed by atoms with Gasteiger partial charge in [-0.1, -0.05) is 41.4 Å². The van der Waals surface area contributed by atoms with E-state index in [-0.39, 0.29) is 17.9 Å². The minimum absolute atomic E-state index is 0.160. The van der Waals surface area contributed by atoms with E-state index in [9.17, 15) is 9.59 Å². The van der Waals surface area contributed by atoms with Crippen LogP contribution in [-0.4, -0.2) is 41.0 Å². The van der Waals surface area contributed by atoms with Gasteiger partial charge in [-0.05, 0) is 48.7 Å². The van der Waals surface area contributed by atoms with Crippen LogP contribution in [0.1, 0.15) is 23.6 Å². The molecule has 0 N–H and O–H groups in total. The average Bonchev–Trinajstić information content (AvgIpc) is 3.31. The standard InChI is InChI=1S/C21H19Cl2N3O2/c1-12-3-8-15(11-16(12)23)26-20(27)17-18(13-4-6-14(22)7-5-13)24-9-2-10-25(24)19(17)21(26)28/h3-8,11,17-19H,2,9-10H2,1H3/t17-,18+,19+/m1/s1. The van der Waals surface area contributed by atoms with Gasteiger partial charge in [0.1, 0.15) is 6.04 Å². The van der Waals surface area contributed by atoms with Gasteiger partial charge in [-0.3, -0.25) is 9.59 Å². The van der Waals surface area contributed by atoms with Crippen LogP contribution in [0.4, 0.5) is 5.69 Å². The molecule has 3 saturated heterocycles. The maximum Gasteiger partial charge on any atom is 0.253 e. The van der Waals surface area contributed by atoms with Crippen molar-refractivity contribution < 1.29 is 9.59 Å². The van der Waals surface area contributed by atoms with Crippen molar-refractivity contribution in [2.45, 2.75) is 25.4 Å². The van der Waals surface area contributed by atoms with Gasteiger partial charge in [0.2, 0.25) is 5.91 Å². The summed E-state index contributed by atoms with van der Waals surface area (Å²) in [5.41, 5.74) is 2.46. The van der Waals surface area contributed by atoms with E-state index in [1.165, 1.54) is 4.90 Å². The topological polar surface area (TPSA) is 43.9 Å². The lowest BCUT2D eigenvalue weighted by atomic mass is 9.90. The van der Waals surface area contributed by atoms with Crippen molar-refractivity contribution in [1.29, 1.82) is 0 Å². The fourth-order valence-corrected chi connectivity index (χ4v) is 5.05. The number of hydrogen-bond acceptors (Lipinski definition) is 4. The second-order valence-corrected chi connectivity index (χ2v) is 8.44. The van der Waals surface area contributed by atoms with Crippen LogP contribution < -0.4 is 4.90 Å². The molecular formula is C21H19Cl2N3O2. The molecule has 3 heterocycles. The minimum Gasteiger partial charge on any atom is -0.274 e. The predicted octanol–water partition coefficient (Wildman–Crippen LogP) is 3.84. The van der Waals surface area contributed by atoms with E-state index in [0.717, 1.165) is 30.6 Å². The molecule has 5 rings (SSSR count). The molecule has 7 heteroatoms. The minimum atomic E-state index is -0.462. The summed E-state index contributed by atoms with van der Waals surface area (Å²) in [4.78, 5) is 28.1. The molecule has 2 aromatic rings. The number of carbonyl (C=O) groups excluding carboxylic acids is 2. The highest BCUT2D eigenvalue weighted by atomic mass is 35.5. The first-order valence-electron chi connectivity index (χ1n) is 9.40. The third-order valence-corrected chi connectivity index (χ3v) is 6.69. The molecule has 3 atom stereocenters. The van der Waals surface area contributed by atoms with Gasteiger partial charge in [0.05, 0.1) is 17.6 Å². The molecule has 0 saturated carbocycles. The molecule has 0 radical (unpaired) electrons. The van der Waals surface area contributed by atoms with Crippen LogP contribution in [0.15, 0.2) is 42.5 Å². The van der Waals surface area contributed by atoms with Crippen LogP contribution in [-0.2, 0) is 9.59 Å². The highest BCUT2D eigenvalue weighted by molar-refractivity contribution is 6.32. The molecule has 2 aromatic carbocycles. The molecule has 0 unspecified atom stereocenters. The second kappa shape index (κ2) is 6.56. The molecule has 0 aliphatic carbocycles. The highest BCUT2D eigenvalue weighted by Gasteiger charge is 2.62. The molecule has 2 amide bonds. The smallest absolute Gasteiger partial charge is 0.253 e. The van der Waals surface area contributed by atoms with Gasteiger partial charge in [-0.2, -0.15) is 0 Å². The first kappa shape index (κ1) is 18.1. The molecule has 0 aromatic heterocycles. The summed E-state index contributed by atoms with van der Waals surface area (Å²) in [6, 6.07) is 12.3. The zero-order valence-corrected chi connectivity index (χ0v) is 16.8. The van der Waals surface area contributed by atoms with Crippen molar-refractivity contribution in [2.24, 2.45) is 5.92 Å². The Hall–Kier alpha value is -1.92. The number of nitrogens with zero attached hydrogens (tertiary/aromatic N) is 3. The van der Waals surface area contributed by atoms with Crippen LogP contribution in [0.3, 0.4) is 0 Å². The van der Waals surface area contributed by atoms with Crippen LogP contribution >= 0.6 is 23.2 Å². The van der Waals surface area contributed by atoms with Gasteiger partial charge in [0.25, 0.3) is 5.91 Å². The van der Waals surface area contributed by atoms with Crippen molar-refractivity contribution in [2.75, 3.05) is 18.0 Å². The SMILES string of the molecule is Cc1ccc(N2C(=O)[C@H]3[C@@H](C2=O)N2CCCN2[C@H]3c2ccc(Cl)cc2)cc1Cl. The number of rotatable bonds is 2. The molecule has 5 nitrogen and oxygen atoms in total. The summed E-state index contributed by atoms with van der Waals surface area (Å²) in [5, 5.41) is 5.47. The van der Waals surface area contributed by atoms with Crippen LogP contribution in [0.5, 0.6) is 0 Å². The van der Waals surface area contributed by atoms with Crippen LogP contribution in [0, 0.1) is 12.8 Å². The fraction of sp³-hybridized carbons (Fsp3) is 0.333.